The smallest absolute Gasteiger partial charge is 0.00928 e. The van der Waals surface area contributed by atoms with Crippen molar-refractivity contribution < 1.29 is 0 Å². The van der Waals surface area contributed by atoms with E-state index in [9.17, 15) is 0 Å². The molecule has 14 heavy (non-hydrogen) atoms. The summed E-state index contributed by atoms with van der Waals surface area (Å²) >= 11 is 1.87. The average Bonchev–Trinajstić information content (AvgIpc) is 2.78. The van der Waals surface area contributed by atoms with Gasteiger partial charge in [0, 0.05) is 17.5 Å². The Bertz CT molecular complexity index is 255. The maximum atomic E-state index is 3.68. The van der Waals surface area contributed by atoms with Crippen LogP contribution in [0.3, 0.4) is 0 Å². The number of hydrogen-bond acceptors (Lipinski definition) is 2. The van der Waals surface area contributed by atoms with Crippen LogP contribution in [-0.4, -0.2) is 12.6 Å². The van der Waals surface area contributed by atoms with Gasteiger partial charge in [-0.1, -0.05) is 19.4 Å². The molecule has 0 amide bonds. The van der Waals surface area contributed by atoms with Gasteiger partial charge in [-0.15, -0.1) is 11.3 Å². The molecule has 1 nitrogen and oxygen atoms in total. The summed E-state index contributed by atoms with van der Waals surface area (Å²) < 4.78 is 0. The Hall–Kier alpha value is -0.340. The highest BCUT2D eigenvalue weighted by Gasteiger charge is 2.21. The quantitative estimate of drug-likeness (QED) is 0.803. The molecule has 0 radical (unpaired) electrons. The Morgan fingerprint density at radius 1 is 1.50 bits per heavy atom. The van der Waals surface area contributed by atoms with Crippen LogP contribution in [0.15, 0.2) is 17.5 Å². The summed E-state index contributed by atoms with van der Waals surface area (Å²) in [7, 11) is 0. The first kappa shape index (κ1) is 10.2. The number of rotatable bonds is 4. The van der Waals surface area contributed by atoms with Gasteiger partial charge in [0.15, 0.2) is 0 Å². The zero-order chi connectivity index (χ0) is 9.80. The first-order chi connectivity index (χ1) is 6.86. The molecular formula is C12H19NS. The van der Waals surface area contributed by atoms with Crippen LogP contribution in [0.4, 0.5) is 0 Å². The molecular weight excluding hydrogens is 190 g/mol. The van der Waals surface area contributed by atoms with Gasteiger partial charge in [-0.05, 0) is 36.6 Å². The van der Waals surface area contributed by atoms with E-state index < -0.39 is 0 Å². The van der Waals surface area contributed by atoms with E-state index in [1.165, 1.54) is 30.6 Å². The highest BCUT2D eigenvalue weighted by Crippen LogP contribution is 2.24. The van der Waals surface area contributed by atoms with E-state index in [4.69, 9.17) is 0 Å². The molecule has 1 fully saturated rings. The van der Waals surface area contributed by atoms with Crippen LogP contribution in [0, 0.1) is 5.92 Å². The summed E-state index contributed by atoms with van der Waals surface area (Å²) in [6, 6.07) is 5.15. The molecule has 0 unspecified atom stereocenters. The topological polar surface area (TPSA) is 12.0 Å². The minimum Gasteiger partial charge on any atom is -0.313 e. The molecule has 1 aromatic heterocycles. The summed E-state index contributed by atoms with van der Waals surface area (Å²) in [6.45, 7) is 3.52. The summed E-state index contributed by atoms with van der Waals surface area (Å²) in [6.07, 6.45) is 5.40. The molecule has 1 saturated carbocycles. The predicted molar refractivity (Wildman–Crippen MR) is 62.8 cm³/mol. The van der Waals surface area contributed by atoms with Crippen molar-refractivity contribution in [2.75, 3.05) is 6.54 Å². The zero-order valence-electron chi connectivity index (χ0n) is 8.83. The Labute approximate surface area is 90.5 Å². The van der Waals surface area contributed by atoms with Crippen molar-refractivity contribution in [3.8, 4) is 0 Å². The number of nitrogens with one attached hydrogen (secondary N) is 1. The van der Waals surface area contributed by atoms with Crippen LogP contribution in [0.25, 0.3) is 0 Å². The van der Waals surface area contributed by atoms with Crippen LogP contribution in [0.1, 0.15) is 31.1 Å². The second-order valence-corrected chi connectivity index (χ2v) is 5.33. The van der Waals surface area contributed by atoms with Gasteiger partial charge in [0.1, 0.15) is 0 Å². The van der Waals surface area contributed by atoms with Crippen molar-refractivity contribution >= 4 is 11.3 Å². The van der Waals surface area contributed by atoms with E-state index in [0.29, 0.717) is 0 Å². The number of thiophene rings is 1. The van der Waals surface area contributed by atoms with Crippen molar-refractivity contribution in [1.82, 2.24) is 5.32 Å². The summed E-state index contributed by atoms with van der Waals surface area (Å²) in [4.78, 5) is 1.50. The van der Waals surface area contributed by atoms with E-state index >= 15 is 0 Å². The molecule has 0 aliphatic heterocycles. The lowest BCUT2D eigenvalue weighted by molar-refractivity contribution is 0.430. The van der Waals surface area contributed by atoms with Gasteiger partial charge in [0.2, 0.25) is 0 Å². The summed E-state index contributed by atoms with van der Waals surface area (Å²) in [5, 5.41) is 5.84. The molecule has 1 aliphatic carbocycles. The van der Waals surface area contributed by atoms with E-state index in [2.05, 4.69) is 29.8 Å². The molecule has 0 saturated heterocycles. The molecule has 1 N–H and O–H groups in total. The Morgan fingerprint density at radius 2 is 2.43 bits per heavy atom. The maximum absolute atomic E-state index is 3.68. The van der Waals surface area contributed by atoms with Gasteiger partial charge in [-0.25, -0.2) is 0 Å². The fourth-order valence-electron chi connectivity index (χ4n) is 2.28. The molecule has 0 bridgehead atoms. The minimum atomic E-state index is 0.787. The van der Waals surface area contributed by atoms with Gasteiger partial charge in [-0.2, -0.15) is 0 Å². The van der Waals surface area contributed by atoms with E-state index in [1.54, 1.807) is 0 Å². The fourth-order valence-corrected chi connectivity index (χ4v) is 2.99. The molecule has 0 aromatic carbocycles. The SMILES string of the molecule is C[C@@H]1CCC[C@@H]1NCCc1cccs1. The lowest BCUT2D eigenvalue weighted by Crippen LogP contribution is -2.32. The third-order valence-electron chi connectivity index (χ3n) is 3.22. The summed E-state index contributed by atoms with van der Waals surface area (Å²) in [5.41, 5.74) is 0. The molecule has 2 rings (SSSR count). The van der Waals surface area contributed by atoms with Crippen LogP contribution in [0.5, 0.6) is 0 Å². The van der Waals surface area contributed by atoms with Gasteiger partial charge < -0.3 is 5.32 Å². The van der Waals surface area contributed by atoms with Crippen LogP contribution >= 0.6 is 11.3 Å². The Morgan fingerprint density at radius 3 is 3.07 bits per heavy atom. The lowest BCUT2D eigenvalue weighted by atomic mass is 10.1. The first-order valence-corrected chi connectivity index (χ1v) is 6.50. The molecule has 2 heteroatoms. The van der Waals surface area contributed by atoms with Gasteiger partial charge in [0.05, 0.1) is 0 Å². The minimum absolute atomic E-state index is 0.787. The predicted octanol–water partition coefficient (Wildman–Crippen LogP) is 3.07. The normalized spacial score (nSPS) is 26.9. The molecule has 0 spiro atoms. The average molecular weight is 209 g/mol. The van der Waals surface area contributed by atoms with Crippen LogP contribution in [0.2, 0.25) is 0 Å². The zero-order valence-corrected chi connectivity index (χ0v) is 9.65. The van der Waals surface area contributed by atoms with Gasteiger partial charge >= 0.3 is 0 Å². The second-order valence-electron chi connectivity index (χ2n) is 4.30. The highest BCUT2D eigenvalue weighted by atomic mass is 32.1. The van der Waals surface area contributed by atoms with Crippen molar-refractivity contribution in [1.29, 1.82) is 0 Å². The number of hydrogen-bond donors (Lipinski definition) is 1. The van der Waals surface area contributed by atoms with Crippen molar-refractivity contribution in [2.24, 2.45) is 5.92 Å². The van der Waals surface area contributed by atoms with Crippen LogP contribution < -0.4 is 5.32 Å². The van der Waals surface area contributed by atoms with E-state index in [-0.39, 0.29) is 0 Å². The van der Waals surface area contributed by atoms with Crippen molar-refractivity contribution in [2.45, 2.75) is 38.6 Å². The van der Waals surface area contributed by atoms with Crippen molar-refractivity contribution in [3.63, 3.8) is 0 Å². The Kier molecular flexibility index (Phi) is 3.60. The molecule has 1 heterocycles. The fraction of sp³-hybridized carbons (Fsp3) is 0.667. The maximum Gasteiger partial charge on any atom is 0.00928 e. The van der Waals surface area contributed by atoms with E-state index in [0.717, 1.165) is 18.5 Å². The third kappa shape index (κ3) is 2.58. The highest BCUT2D eigenvalue weighted by molar-refractivity contribution is 7.09. The Balaban J connectivity index is 1.68. The molecule has 1 aliphatic rings. The third-order valence-corrected chi connectivity index (χ3v) is 4.16. The van der Waals surface area contributed by atoms with Gasteiger partial charge in [0.25, 0.3) is 0 Å². The molecule has 2 atom stereocenters. The molecule has 1 aromatic rings. The standard InChI is InChI=1S/C12H19NS/c1-10-4-2-6-12(10)13-8-7-11-5-3-9-14-11/h3,5,9-10,12-13H,2,4,6-8H2,1H3/t10-,12+/m1/s1. The van der Waals surface area contributed by atoms with E-state index in [1.807, 2.05) is 11.3 Å². The molecule has 78 valence electrons. The van der Waals surface area contributed by atoms with Crippen molar-refractivity contribution in [3.05, 3.63) is 22.4 Å². The first-order valence-electron chi connectivity index (χ1n) is 5.62. The van der Waals surface area contributed by atoms with Crippen LogP contribution in [-0.2, 0) is 6.42 Å². The second kappa shape index (κ2) is 4.94. The largest absolute Gasteiger partial charge is 0.313 e. The monoisotopic (exact) mass is 209 g/mol. The van der Waals surface area contributed by atoms with Gasteiger partial charge in [-0.3, -0.25) is 0 Å². The lowest BCUT2D eigenvalue weighted by Gasteiger charge is -2.16. The summed E-state index contributed by atoms with van der Waals surface area (Å²) in [5.74, 6) is 0.887.